The number of hydrogen-bond acceptors (Lipinski definition) is 3. The summed E-state index contributed by atoms with van der Waals surface area (Å²) in [6.45, 7) is 11.4. The Morgan fingerprint density at radius 2 is 1.80 bits per heavy atom. The van der Waals surface area contributed by atoms with Crippen molar-refractivity contribution in [2.75, 3.05) is 39.4 Å². The number of hydrogen-bond donors (Lipinski definition) is 1. The molecule has 3 unspecified atom stereocenters. The maximum absolute atomic E-state index is 5.50. The van der Waals surface area contributed by atoms with Crippen LogP contribution in [0.3, 0.4) is 0 Å². The standard InChI is InChI=1S/C12H24N2O/c1-10-5-13-6-11(2)8-14(7-10)12-3-4-15-9-12/h10-13H,3-9H2,1-2H3. The Morgan fingerprint density at radius 1 is 1.13 bits per heavy atom. The van der Waals surface area contributed by atoms with E-state index < -0.39 is 0 Å². The number of nitrogens with zero attached hydrogens (tertiary/aromatic N) is 1. The molecule has 15 heavy (non-hydrogen) atoms. The van der Waals surface area contributed by atoms with Crippen LogP contribution >= 0.6 is 0 Å². The Bertz CT molecular complexity index is 180. The summed E-state index contributed by atoms with van der Waals surface area (Å²) in [5, 5.41) is 3.54. The number of ether oxygens (including phenoxy) is 1. The van der Waals surface area contributed by atoms with Gasteiger partial charge in [0.2, 0.25) is 0 Å². The molecule has 0 amide bonds. The average Bonchev–Trinajstić information content (AvgIpc) is 2.66. The van der Waals surface area contributed by atoms with Gasteiger partial charge in [-0.3, -0.25) is 4.90 Å². The van der Waals surface area contributed by atoms with Gasteiger partial charge in [0.05, 0.1) is 6.61 Å². The largest absolute Gasteiger partial charge is 0.380 e. The summed E-state index contributed by atoms with van der Waals surface area (Å²) in [4.78, 5) is 2.66. The van der Waals surface area contributed by atoms with Gasteiger partial charge in [-0.05, 0) is 31.3 Å². The zero-order chi connectivity index (χ0) is 10.7. The maximum atomic E-state index is 5.50. The van der Waals surface area contributed by atoms with Crippen molar-refractivity contribution in [1.29, 1.82) is 0 Å². The number of rotatable bonds is 1. The van der Waals surface area contributed by atoms with E-state index in [1.807, 2.05) is 0 Å². The van der Waals surface area contributed by atoms with Gasteiger partial charge in [-0.2, -0.15) is 0 Å². The van der Waals surface area contributed by atoms with E-state index in [1.165, 1.54) is 19.5 Å². The Labute approximate surface area is 93.2 Å². The van der Waals surface area contributed by atoms with Gasteiger partial charge in [0.25, 0.3) is 0 Å². The summed E-state index contributed by atoms with van der Waals surface area (Å²) >= 11 is 0. The Kier molecular flexibility index (Phi) is 4.00. The molecule has 3 heteroatoms. The first-order valence-corrected chi connectivity index (χ1v) is 6.28. The Balaban J connectivity index is 1.92. The minimum atomic E-state index is 0.688. The van der Waals surface area contributed by atoms with Crippen LogP contribution < -0.4 is 5.32 Å². The highest BCUT2D eigenvalue weighted by Crippen LogP contribution is 2.17. The molecule has 0 saturated carbocycles. The van der Waals surface area contributed by atoms with Crippen LogP contribution in [-0.2, 0) is 4.74 Å². The van der Waals surface area contributed by atoms with Gasteiger partial charge >= 0.3 is 0 Å². The second-order valence-electron chi connectivity index (χ2n) is 5.34. The first-order valence-electron chi connectivity index (χ1n) is 6.28. The van der Waals surface area contributed by atoms with E-state index in [9.17, 15) is 0 Å². The van der Waals surface area contributed by atoms with Gasteiger partial charge in [-0.25, -0.2) is 0 Å². The molecule has 2 saturated heterocycles. The van der Waals surface area contributed by atoms with Crippen molar-refractivity contribution < 1.29 is 4.74 Å². The quantitative estimate of drug-likeness (QED) is 0.700. The van der Waals surface area contributed by atoms with Gasteiger partial charge in [0, 0.05) is 25.7 Å². The van der Waals surface area contributed by atoms with Gasteiger partial charge < -0.3 is 10.1 Å². The molecular weight excluding hydrogens is 188 g/mol. The molecule has 2 rings (SSSR count). The van der Waals surface area contributed by atoms with Gasteiger partial charge in [0.1, 0.15) is 0 Å². The minimum Gasteiger partial charge on any atom is -0.380 e. The topological polar surface area (TPSA) is 24.5 Å². The van der Waals surface area contributed by atoms with Crippen LogP contribution in [0.15, 0.2) is 0 Å². The van der Waals surface area contributed by atoms with E-state index in [0.29, 0.717) is 6.04 Å². The van der Waals surface area contributed by atoms with Crippen molar-refractivity contribution >= 4 is 0 Å². The minimum absolute atomic E-state index is 0.688. The molecular formula is C12H24N2O. The zero-order valence-corrected chi connectivity index (χ0v) is 10.0. The van der Waals surface area contributed by atoms with E-state index >= 15 is 0 Å². The molecule has 0 bridgehead atoms. The van der Waals surface area contributed by atoms with Gasteiger partial charge in [-0.15, -0.1) is 0 Å². The summed E-state index contributed by atoms with van der Waals surface area (Å²) in [5.74, 6) is 1.52. The SMILES string of the molecule is CC1CNCC(C)CN(C2CCOC2)C1. The van der Waals surface area contributed by atoms with Crippen molar-refractivity contribution in [3.8, 4) is 0 Å². The Hall–Kier alpha value is -0.120. The van der Waals surface area contributed by atoms with Crippen molar-refractivity contribution in [2.45, 2.75) is 26.3 Å². The van der Waals surface area contributed by atoms with Crippen LogP contribution in [0.25, 0.3) is 0 Å². The second kappa shape index (κ2) is 5.28. The molecule has 0 spiro atoms. The fraction of sp³-hybridized carbons (Fsp3) is 1.00. The molecule has 2 fully saturated rings. The van der Waals surface area contributed by atoms with Gasteiger partial charge in [0.15, 0.2) is 0 Å². The van der Waals surface area contributed by atoms with Crippen molar-refractivity contribution in [3.63, 3.8) is 0 Å². The highest BCUT2D eigenvalue weighted by atomic mass is 16.5. The molecule has 0 aromatic heterocycles. The monoisotopic (exact) mass is 212 g/mol. The zero-order valence-electron chi connectivity index (χ0n) is 10.0. The molecule has 3 nitrogen and oxygen atoms in total. The molecule has 0 aromatic rings. The van der Waals surface area contributed by atoms with Crippen LogP contribution in [0.4, 0.5) is 0 Å². The van der Waals surface area contributed by atoms with Gasteiger partial charge in [-0.1, -0.05) is 13.8 Å². The molecule has 2 aliphatic heterocycles. The summed E-state index contributed by atoms with van der Waals surface area (Å²) in [7, 11) is 0. The summed E-state index contributed by atoms with van der Waals surface area (Å²) < 4.78 is 5.50. The summed E-state index contributed by atoms with van der Waals surface area (Å²) in [6, 6.07) is 0.688. The lowest BCUT2D eigenvalue weighted by atomic mass is 10.0. The third kappa shape index (κ3) is 3.16. The van der Waals surface area contributed by atoms with Crippen LogP contribution in [0.5, 0.6) is 0 Å². The molecule has 3 atom stereocenters. The lowest BCUT2D eigenvalue weighted by Crippen LogP contribution is -2.47. The molecule has 88 valence electrons. The number of nitrogens with one attached hydrogen (secondary N) is 1. The van der Waals surface area contributed by atoms with E-state index in [2.05, 4.69) is 24.1 Å². The Morgan fingerprint density at radius 3 is 2.33 bits per heavy atom. The summed E-state index contributed by atoms with van der Waals surface area (Å²) in [5.41, 5.74) is 0. The third-order valence-corrected chi connectivity index (χ3v) is 3.50. The van der Waals surface area contributed by atoms with E-state index in [0.717, 1.165) is 38.1 Å². The lowest BCUT2D eigenvalue weighted by molar-refractivity contribution is 0.110. The maximum Gasteiger partial charge on any atom is 0.0622 e. The molecule has 2 heterocycles. The normalized spacial score (nSPS) is 40.0. The second-order valence-corrected chi connectivity index (χ2v) is 5.34. The van der Waals surface area contributed by atoms with Crippen molar-refractivity contribution in [2.24, 2.45) is 11.8 Å². The molecule has 2 aliphatic rings. The predicted molar refractivity (Wildman–Crippen MR) is 62.0 cm³/mol. The molecule has 0 aromatic carbocycles. The smallest absolute Gasteiger partial charge is 0.0622 e. The third-order valence-electron chi connectivity index (χ3n) is 3.50. The fourth-order valence-corrected chi connectivity index (χ4v) is 2.69. The highest BCUT2D eigenvalue weighted by molar-refractivity contribution is 4.81. The van der Waals surface area contributed by atoms with E-state index in [-0.39, 0.29) is 0 Å². The molecule has 0 aliphatic carbocycles. The first-order chi connectivity index (χ1) is 7.25. The van der Waals surface area contributed by atoms with Crippen LogP contribution in [-0.4, -0.2) is 50.3 Å². The highest BCUT2D eigenvalue weighted by Gasteiger charge is 2.26. The predicted octanol–water partition coefficient (Wildman–Crippen LogP) is 0.953. The molecule has 1 N–H and O–H groups in total. The van der Waals surface area contributed by atoms with Crippen LogP contribution in [0.2, 0.25) is 0 Å². The average molecular weight is 212 g/mol. The van der Waals surface area contributed by atoms with Crippen molar-refractivity contribution in [3.05, 3.63) is 0 Å². The lowest BCUT2D eigenvalue weighted by Gasteiger charge is -2.35. The summed E-state index contributed by atoms with van der Waals surface area (Å²) in [6.07, 6.45) is 1.23. The molecule has 0 radical (unpaired) electrons. The first kappa shape index (κ1) is 11.4. The van der Waals surface area contributed by atoms with Crippen LogP contribution in [0, 0.1) is 11.8 Å². The fourth-order valence-electron chi connectivity index (χ4n) is 2.69. The van der Waals surface area contributed by atoms with E-state index in [4.69, 9.17) is 4.74 Å². The van der Waals surface area contributed by atoms with Crippen molar-refractivity contribution in [1.82, 2.24) is 10.2 Å². The van der Waals surface area contributed by atoms with E-state index in [1.54, 1.807) is 0 Å². The van der Waals surface area contributed by atoms with Crippen LogP contribution in [0.1, 0.15) is 20.3 Å².